The van der Waals surface area contributed by atoms with Crippen molar-refractivity contribution in [3.8, 4) is 0 Å². The van der Waals surface area contributed by atoms with Crippen LogP contribution < -0.4 is 10.6 Å². The summed E-state index contributed by atoms with van der Waals surface area (Å²) in [5, 5.41) is 6.03. The molecule has 1 fully saturated rings. The molecule has 6 nitrogen and oxygen atoms in total. The number of hydrogen-bond donors (Lipinski definition) is 2. The summed E-state index contributed by atoms with van der Waals surface area (Å²) in [5.41, 5.74) is 3.95. The van der Waals surface area contributed by atoms with E-state index < -0.39 is 6.04 Å². The molecule has 0 spiro atoms. The molecule has 2 N–H and O–H groups in total. The molecule has 0 bridgehead atoms. The SMILES string of the molecule is Cc1ccc([C@@H](CNC(=O)[C@@H](NC(=O)c2cccc(C)c2)C(C)C)N2CCOCC2)cc1. The summed E-state index contributed by atoms with van der Waals surface area (Å²) in [6.45, 7) is 11.4. The van der Waals surface area contributed by atoms with Crippen molar-refractivity contribution < 1.29 is 14.3 Å². The molecule has 2 atom stereocenters. The Hall–Kier alpha value is -2.70. The summed E-state index contributed by atoms with van der Waals surface area (Å²) in [5.74, 6) is -0.429. The molecule has 2 aromatic carbocycles. The third kappa shape index (κ3) is 6.40. The van der Waals surface area contributed by atoms with Crippen LogP contribution in [0.1, 0.15) is 46.9 Å². The van der Waals surface area contributed by atoms with Gasteiger partial charge in [0, 0.05) is 25.2 Å². The zero-order valence-electron chi connectivity index (χ0n) is 19.6. The van der Waals surface area contributed by atoms with Crippen LogP contribution in [0.3, 0.4) is 0 Å². The van der Waals surface area contributed by atoms with Crippen molar-refractivity contribution in [3.63, 3.8) is 0 Å². The smallest absolute Gasteiger partial charge is 0.251 e. The first-order valence-corrected chi connectivity index (χ1v) is 11.4. The summed E-state index contributed by atoms with van der Waals surface area (Å²) >= 11 is 0. The first kappa shape index (κ1) is 24.0. The number of rotatable bonds is 8. The molecule has 3 rings (SSSR count). The summed E-state index contributed by atoms with van der Waals surface area (Å²) in [4.78, 5) is 28.2. The fourth-order valence-electron chi connectivity index (χ4n) is 3.99. The number of nitrogens with one attached hydrogen (secondary N) is 2. The molecular formula is C26H35N3O3. The minimum Gasteiger partial charge on any atom is -0.379 e. The van der Waals surface area contributed by atoms with Crippen LogP contribution in [0.15, 0.2) is 48.5 Å². The molecule has 1 heterocycles. The van der Waals surface area contributed by atoms with Gasteiger partial charge in [-0.1, -0.05) is 61.4 Å². The minimum atomic E-state index is -0.605. The maximum atomic E-state index is 13.1. The standard InChI is InChI=1S/C26H35N3O3/c1-18(2)24(28-25(30)22-7-5-6-20(4)16-22)26(31)27-17-23(29-12-14-32-15-13-29)21-10-8-19(3)9-11-21/h5-11,16,18,23-24H,12-15,17H2,1-4H3,(H,27,31)(H,28,30)/t23-,24+/m1/s1. The van der Waals surface area contributed by atoms with Gasteiger partial charge in [0.1, 0.15) is 6.04 Å². The summed E-state index contributed by atoms with van der Waals surface area (Å²) in [6.07, 6.45) is 0. The van der Waals surface area contributed by atoms with Crippen molar-refractivity contribution in [1.82, 2.24) is 15.5 Å². The monoisotopic (exact) mass is 437 g/mol. The number of benzene rings is 2. The molecule has 6 heteroatoms. The van der Waals surface area contributed by atoms with Gasteiger partial charge >= 0.3 is 0 Å². The van der Waals surface area contributed by atoms with Gasteiger partial charge in [-0.05, 0) is 37.5 Å². The first-order valence-electron chi connectivity index (χ1n) is 11.4. The van der Waals surface area contributed by atoms with Gasteiger partial charge in [0.25, 0.3) is 5.91 Å². The molecular weight excluding hydrogens is 402 g/mol. The van der Waals surface area contributed by atoms with Crippen LogP contribution in [0.5, 0.6) is 0 Å². The van der Waals surface area contributed by atoms with E-state index in [0.717, 1.165) is 18.7 Å². The second-order valence-electron chi connectivity index (χ2n) is 8.88. The highest BCUT2D eigenvalue weighted by molar-refractivity contribution is 5.97. The largest absolute Gasteiger partial charge is 0.379 e. The lowest BCUT2D eigenvalue weighted by atomic mass is 10.0. The fraction of sp³-hybridized carbons (Fsp3) is 0.462. The average Bonchev–Trinajstić information content (AvgIpc) is 2.79. The van der Waals surface area contributed by atoms with Gasteiger partial charge in [-0.15, -0.1) is 0 Å². The maximum absolute atomic E-state index is 13.1. The highest BCUT2D eigenvalue weighted by atomic mass is 16.5. The van der Waals surface area contributed by atoms with Crippen LogP contribution >= 0.6 is 0 Å². The lowest BCUT2D eigenvalue weighted by Gasteiger charge is -2.35. The Bertz CT molecular complexity index is 905. The van der Waals surface area contributed by atoms with Crippen molar-refractivity contribution in [2.75, 3.05) is 32.8 Å². The third-order valence-electron chi connectivity index (χ3n) is 5.93. The zero-order valence-corrected chi connectivity index (χ0v) is 19.6. The van der Waals surface area contributed by atoms with Gasteiger partial charge < -0.3 is 15.4 Å². The van der Waals surface area contributed by atoms with Gasteiger partial charge in [-0.3, -0.25) is 14.5 Å². The van der Waals surface area contributed by atoms with E-state index in [4.69, 9.17) is 4.74 Å². The highest BCUT2D eigenvalue weighted by Crippen LogP contribution is 2.22. The van der Waals surface area contributed by atoms with Crippen LogP contribution in [0.2, 0.25) is 0 Å². The Kier molecular flexibility index (Phi) is 8.42. The molecule has 172 valence electrons. The normalized spacial score (nSPS) is 16.4. The molecule has 2 aromatic rings. The second-order valence-corrected chi connectivity index (χ2v) is 8.88. The number of morpholine rings is 1. The number of carbonyl (C=O) groups excluding carboxylic acids is 2. The van der Waals surface area contributed by atoms with E-state index in [1.165, 1.54) is 11.1 Å². The maximum Gasteiger partial charge on any atom is 0.251 e. The average molecular weight is 438 g/mol. The molecule has 1 aliphatic rings. The zero-order chi connectivity index (χ0) is 23.1. The van der Waals surface area contributed by atoms with Gasteiger partial charge in [0.2, 0.25) is 5.91 Å². The quantitative estimate of drug-likeness (QED) is 0.665. The van der Waals surface area contributed by atoms with Gasteiger partial charge in [0.15, 0.2) is 0 Å². The molecule has 0 unspecified atom stereocenters. The molecule has 2 amide bonds. The Morgan fingerprint density at radius 3 is 2.31 bits per heavy atom. The predicted molar refractivity (Wildman–Crippen MR) is 127 cm³/mol. The fourth-order valence-corrected chi connectivity index (χ4v) is 3.99. The van der Waals surface area contributed by atoms with Crippen molar-refractivity contribution in [3.05, 3.63) is 70.8 Å². The van der Waals surface area contributed by atoms with Crippen LogP contribution in [0, 0.1) is 19.8 Å². The number of ether oxygens (including phenoxy) is 1. The van der Waals surface area contributed by atoms with Gasteiger partial charge in [-0.25, -0.2) is 0 Å². The van der Waals surface area contributed by atoms with Gasteiger partial charge in [-0.2, -0.15) is 0 Å². The topological polar surface area (TPSA) is 70.7 Å². The summed E-state index contributed by atoms with van der Waals surface area (Å²) < 4.78 is 5.52. The van der Waals surface area contributed by atoms with Crippen LogP contribution in [-0.4, -0.2) is 55.6 Å². The van der Waals surface area contributed by atoms with Crippen molar-refractivity contribution in [2.24, 2.45) is 5.92 Å². The summed E-state index contributed by atoms with van der Waals surface area (Å²) in [7, 11) is 0. The summed E-state index contributed by atoms with van der Waals surface area (Å²) in [6, 6.07) is 15.3. The molecule has 0 aromatic heterocycles. The van der Waals surface area contributed by atoms with E-state index in [9.17, 15) is 9.59 Å². The van der Waals surface area contributed by atoms with Crippen molar-refractivity contribution >= 4 is 11.8 Å². The number of nitrogens with zero attached hydrogens (tertiary/aromatic N) is 1. The number of amides is 2. The molecule has 0 saturated carbocycles. The van der Waals surface area contributed by atoms with E-state index in [-0.39, 0.29) is 23.8 Å². The number of hydrogen-bond acceptors (Lipinski definition) is 4. The molecule has 0 radical (unpaired) electrons. The Balaban J connectivity index is 1.69. The van der Waals surface area contributed by atoms with E-state index in [1.807, 2.05) is 39.0 Å². The van der Waals surface area contributed by atoms with E-state index in [0.29, 0.717) is 25.3 Å². The molecule has 32 heavy (non-hydrogen) atoms. The number of aryl methyl sites for hydroxylation is 2. The predicted octanol–water partition coefficient (Wildman–Crippen LogP) is 3.25. The van der Waals surface area contributed by atoms with Crippen molar-refractivity contribution in [2.45, 2.75) is 39.8 Å². The highest BCUT2D eigenvalue weighted by Gasteiger charge is 2.28. The van der Waals surface area contributed by atoms with Crippen LogP contribution in [0.25, 0.3) is 0 Å². The van der Waals surface area contributed by atoms with Crippen LogP contribution in [0.4, 0.5) is 0 Å². The Labute approximate surface area is 191 Å². The Morgan fingerprint density at radius 1 is 1.00 bits per heavy atom. The third-order valence-corrected chi connectivity index (χ3v) is 5.93. The second kappa shape index (κ2) is 11.2. The van der Waals surface area contributed by atoms with E-state index in [1.54, 1.807) is 6.07 Å². The lowest BCUT2D eigenvalue weighted by Crippen LogP contribution is -2.52. The van der Waals surface area contributed by atoms with Crippen molar-refractivity contribution in [1.29, 1.82) is 0 Å². The number of carbonyl (C=O) groups is 2. The molecule has 0 aliphatic carbocycles. The first-order chi connectivity index (χ1) is 15.3. The Morgan fingerprint density at radius 2 is 1.69 bits per heavy atom. The van der Waals surface area contributed by atoms with Gasteiger partial charge in [0.05, 0.1) is 19.3 Å². The van der Waals surface area contributed by atoms with E-state index in [2.05, 4.69) is 46.7 Å². The lowest BCUT2D eigenvalue weighted by molar-refractivity contribution is -0.124. The van der Waals surface area contributed by atoms with E-state index >= 15 is 0 Å². The molecule has 1 aliphatic heterocycles. The van der Waals surface area contributed by atoms with Crippen LogP contribution in [-0.2, 0) is 9.53 Å². The molecule has 1 saturated heterocycles. The minimum absolute atomic E-state index is 0.0371.